The molecular formula is C14H25NO. The van der Waals surface area contributed by atoms with Gasteiger partial charge in [0.25, 0.3) is 0 Å². The van der Waals surface area contributed by atoms with Crippen LogP contribution in [0.5, 0.6) is 0 Å². The molecule has 0 spiro atoms. The third-order valence-electron chi connectivity index (χ3n) is 5.23. The van der Waals surface area contributed by atoms with Gasteiger partial charge >= 0.3 is 0 Å². The Morgan fingerprint density at radius 3 is 2.38 bits per heavy atom. The van der Waals surface area contributed by atoms with Gasteiger partial charge in [0, 0.05) is 13.0 Å². The van der Waals surface area contributed by atoms with Crippen LogP contribution in [0.25, 0.3) is 0 Å². The molecular weight excluding hydrogens is 198 g/mol. The summed E-state index contributed by atoms with van der Waals surface area (Å²) in [6, 6.07) is 0. The van der Waals surface area contributed by atoms with Gasteiger partial charge in [-0.2, -0.15) is 0 Å². The van der Waals surface area contributed by atoms with Gasteiger partial charge in [0.05, 0.1) is 0 Å². The number of nitrogens with one attached hydrogen (secondary N) is 1. The molecule has 0 aliphatic heterocycles. The van der Waals surface area contributed by atoms with Gasteiger partial charge in [-0.3, -0.25) is 4.79 Å². The topological polar surface area (TPSA) is 29.1 Å². The average molecular weight is 223 g/mol. The Morgan fingerprint density at radius 2 is 1.81 bits per heavy atom. The first-order chi connectivity index (χ1) is 7.65. The summed E-state index contributed by atoms with van der Waals surface area (Å²) in [4.78, 5) is 11.9. The summed E-state index contributed by atoms with van der Waals surface area (Å²) in [5, 5.41) is 2.85. The molecule has 0 saturated heterocycles. The second-order valence-electron chi connectivity index (χ2n) is 5.89. The number of carbonyl (C=O) groups is 1. The van der Waals surface area contributed by atoms with Crippen LogP contribution >= 0.6 is 0 Å². The zero-order chi connectivity index (χ0) is 11.7. The standard InChI is InChI=1S/C14H25NO/c1-9-7-8-11(10(9)2)12-5-4-6-13(12)14(16)15-3/h9-13H,4-8H2,1-3H3,(H,15,16)/t9-,10-,11+,12?,13?/m1/s1. The number of amides is 1. The fraction of sp³-hybridized carbons (Fsp3) is 0.929. The lowest BCUT2D eigenvalue weighted by atomic mass is 9.77. The van der Waals surface area contributed by atoms with Crippen molar-refractivity contribution in [1.82, 2.24) is 5.32 Å². The third kappa shape index (κ3) is 1.99. The average Bonchev–Trinajstić information content (AvgIpc) is 2.86. The minimum Gasteiger partial charge on any atom is -0.359 e. The number of rotatable bonds is 2. The Hall–Kier alpha value is -0.530. The molecule has 5 atom stereocenters. The van der Waals surface area contributed by atoms with Crippen LogP contribution in [0.15, 0.2) is 0 Å². The van der Waals surface area contributed by atoms with Crippen LogP contribution in [-0.4, -0.2) is 13.0 Å². The Kier molecular flexibility index (Phi) is 3.56. The van der Waals surface area contributed by atoms with E-state index in [-0.39, 0.29) is 5.91 Å². The highest BCUT2D eigenvalue weighted by Gasteiger charge is 2.42. The first-order valence-corrected chi connectivity index (χ1v) is 6.86. The molecule has 92 valence electrons. The second-order valence-corrected chi connectivity index (χ2v) is 5.89. The summed E-state index contributed by atoms with van der Waals surface area (Å²) in [6.45, 7) is 4.76. The van der Waals surface area contributed by atoms with Crippen LogP contribution < -0.4 is 5.32 Å². The van der Waals surface area contributed by atoms with Gasteiger partial charge in [0.15, 0.2) is 0 Å². The van der Waals surface area contributed by atoms with Crippen molar-refractivity contribution in [3.63, 3.8) is 0 Å². The van der Waals surface area contributed by atoms with E-state index in [1.54, 1.807) is 7.05 Å². The molecule has 2 fully saturated rings. The maximum atomic E-state index is 11.9. The largest absolute Gasteiger partial charge is 0.359 e. The van der Waals surface area contributed by atoms with Crippen LogP contribution in [0.4, 0.5) is 0 Å². The quantitative estimate of drug-likeness (QED) is 0.766. The van der Waals surface area contributed by atoms with E-state index >= 15 is 0 Å². The molecule has 0 aromatic heterocycles. The zero-order valence-corrected chi connectivity index (χ0v) is 10.8. The maximum Gasteiger partial charge on any atom is 0.223 e. The van der Waals surface area contributed by atoms with Gasteiger partial charge in [-0.15, -0.1) is 0 Å². The molecule has 2 unspecified atom stereocenters. The molecule has 2 aliphatic rings. The first-order valence-electron chi connectivity index (χ1n) is 6.86. The highest BCUT2D eigenvalue weighted by Crippen LogP contribution is 2.48. The van der Waals surface area contributed by atoms with E-state index in [2.05, 4.69) is 19.2 Å². The summed E-state index contributed by atoms with van der Waals surface area (Å²) < 4.78 is 0. The Balaban J connectivity index is 2.05. The second kappa shape index (κ2) is 4.77. The van der Waals surface area contributed by atoms with Crippen molar-refractivity contribution >= 4 is 5.91 Å². The third-order valence-corrected chi connectivity index (χ3v) is 5.23. The van der Waals surface area contributed by atoms with Crippen LogP contribution in [0, 0.1) is 29.6 Å². The summed E-state index contributed by atoms with van der Waals surface area (Å²) in [7, 11) is 1.78. The van der Waals surface area contributed by atoms with Gasteiger partial charge in [0.2, 0.25) is 5.91 Å². The monoisotopic (exact) mass is 223 g/mol. The van der Waals surface area contributed by atoms with E-state index < -0.39 is 0 Å². The molecule has 2 aliphatic carbocycles. The Morgan fingerprint density at radius 1 is 1.06 bits per heavy atom. The SMILES string of the molecule is CNC(=O)C1CCCC1[C@H]1CC[C@@H](C)[C@H]1C. The Labute approximate surface area is 99.2 Å². The Bertz CT molecular complexity index is 263. The van der Waals surface area contributed by atoms with Gasteiger partial charge in [-0.1, -0.05) is 26.7 Å². The molecule has 0 aromatic carbocycles. The van der Waals surface area contributed by atoms with E-state index in [1.807, 2.05) is 0 Å². The van der Waals surface area contributed by atoms with Crippen molar-refractivity contribution in [2.45, 2.75) is 46.0 Å². The molecule has 1 amide bonds. The molecule has 2 nitrogen and oxygen atoms in total. The van der Waals surface area contributed by atoms with Crippen molar-refractivity contribution in [1.29, 1.82) is 0 Å². The number of hydrogen-bond acceptors (Lipinski definition) is 1. The summed E-state index contributed by atoms with van der Waals surface area (Å²) in [6.07, 6.45) is 6.35. The summed E-state index contributed by atoms with van der Waals surface area (Å²) in [5.41, 5.74) is 0. The molecule has 1 N–H and O–H groups in total. The van der Waals surface area contributed by atoms with Gasteiger partial charge in [-0.05, 0) is 42.9 Å². The predicted molar refractivity (Wildman–Crippen MR) is 65.9 cm³/mol. The highest BCUT2D eigenvalue weighted by molar-refractivity contribution is 5.78. The van der Waals surface area contributed by atoms with Crippen molar-refractivity contribution in [2.24, 2.45) is 29.6 Å². The molecule has 0 heterocycles. The molecule has 2 rings (SSSR count). The molecule has 0 bridgehead atoms. The van der Waals surface area contributed by atoms with Crippen molar-refractivity contribution in [3.05, 3.63) is 0 Å². The lowest BCUT2D eigenvalue weighted by Crippen LogP contribution is -2.33. The van der Waals surface area contributed by atoms with E-state index in [9.17, 15) is 4.79 Å². The van der Waals surface area contributed by atoms with Crippen LogP contribution in [-0.2, 0) is 4.79 Å². The lowest BCUT2D eigenvalue weighted by molar-refractivity contribution is -0.126. The van der Waals surface area contributed by atoms with Crippen LogP contribution in [0.1, 0.15) is 46.0 Å². The van der Waals surface area contributed by atoms with Crippen molar-refractivity contribution < 1.29 is 4.79 Å². The first kappa shape index (κ1) is 11.9. The smallest absolute Gasteiger partial charge is 0.223 e. The maximum absolute atomic E-state index is 11.9. The van der Waals surface area contributed by atoms with Gasteiger partial charge in [0.1, 0.15) is 0 Å². The predicted octanol–water partition coefficient (Wildman–Crippen LogP) is 2.83. The number of hydrogen-bond donors (Lipinski definition) is 1. The molecule has 0 radical (unpaired) electrons. The minimum atomic E-state index is 0.286. The molecule has 2 heteroatoms. The molecule has 2 saturated carbocycles. The van der Waals surface area contributed by atoms with Gasteiger partial charge in [-0.25, -0.2) is 0 Å². The zero-order valence-electron chi connectivity index (χ0n) is 10.8. The van der Waals surface area contributed by atoms with E-state index in [0.29, 0.717) is 11.8 Å². The lowest BCUT2D eigenvalue weighted by Gasteiger charge is -2.28. The van der Waals surface area contributed by atoms with E-state index in [1.165, 1.54) is 25.7 Å². The fourth-order valence-corrected chi connectivity index (χ4v) is 4.02. The highest BCUT2D eigenvalue weighted by atomic mass is 16.1. The minimum absolute atomic E-state index is 0.286. The van der Waals surface area contributed by atoms with Crippen LogP contribution in [0.3, 0.4) is 0 Å². The van der Waals surface area contributed by atoms with E-state index in [4.69, 9.17) is 0 Å². The van der Waals surface area contributed by atoms with E-state index in [0.717, 1.165) is 24.2 Å². The van der Waals surface area contributed by atoms with Crippen molar-refractivity contribution in [3.8, 4) is 0 Å². The summed E-state index contributed by atoms with van der Waals surface area (Å²) >= 11 is 0. The molecule has 0 aromatic rings. The van der Waals surface area contributed by atoms with Gasteiger partial charge < -0.3 is 5.32 Å². The summed E-state index contributed by atoms with van der Waals surface area (Å²) in [5.74, 6) is 3.74. The normalized spacial score (nSPS) is 43.6. The molecule has 16 heavy (non-hydrogen) atoms. The van der Waals surface area contributed by atoms with Crippen LogP contribution in [0.2, 0.25) is 0 Å². The fourth-order valence-electron chi connectivity index (χ4n) is 4.02. The van der Waals surface area contributed by atoms with Crippen molar-refractivity contribution in [2.75, 3.05) is 7.05 Å². The number of carbonyl (C=O) groups excluding carboxylic acids is 1.